The van der Waals surface area contributed by atoms with Gasteiger partial charge in [0.2, 0.25) is 11.8 Å². The zero-order valence-electron chi connectivity index (χ0n) is 19.2. The monoisotopic (exact) mass is 433 g/mol. The SMILES string of the molecule is CNC(=O)C1(Cc2ccccc2-c2cccnc2)CCN(C(=O)CC2CCCCC2)CC1. The lowest BCUT2D eigenvalue weighted by Crippen LogP contribution is -2.50. The minimum Gasteiger partial charge on any atom is -0.359 e. The van der Waals surface area contributed by atoms with Crippen molar-refractivity contribution in [3.8, 4) is 11.1 Å². The second-order valence-corrected chi connectivity index (χ2v) is 9.52. The molecular formula is C27H35N3O2. The molecule has 170 valence electrons. The van der Waals surface area contributed by atoms with Gasteiger partial charge in [0.25, 0.3) is 0 Å². The highest BCUT2D eigenvalue weighted by Gasteiger charge is 2.42. The third kappa shape index (κ3) is 5.03. The summed E-state index contributed by atoms with van der Waals surface area (Å²) in [6.45, 7) is 1.32. The molecule has 0 spiro atoms. The van der Waals surface area contributed by atoms with Crippen LogP contribution in [0.2, 0.25) is 0 Å². The number of piperidine rings is 1. The molecule has 1 N–H and O–H groups in total. The van der Waals surface area contributed by atoms with Crippen molar-refractivity contribution in [1.82, 2.24) is 15.2 Å². The summed E-state index contributed by atoms with van der Waals surface area (Å²) in [7, 11) is 1.72. The zero-order chi connectivity index (χ0) is 22.4. The average molecular weight is 434 g/mol. The van der Waals surface area contributed by atoms with Gasteiger partial charge in [-0.3, -0.25) is 14.6 Å². The molecule has 2 amide bonds. The van der Waals surface area contributed by atoms with Crippen LogP contribution >= 0.6 is 0 Å². The van der Waals surface area contributed by atoms with E-state index in [9.17, 15) is 9.59 Å². The summed E-state index contributed by atoms with van der Waals surface area (Å²) < 4.78 is 0. The maximum Gasteiger partial charge on any atom is 0.226 e. The van der Waals surface area contributed by atoms with Gasteiger partial charge < -0.3 is 10.2 Å². The first-order chi connectivity index (χ1) is 15.6. The first-order valence-corrected chi connectivity index (χ1v) is 12.1. The van der Waals surface area contributed by atoms with E-state index >= 15 is 0 Å². The number of carbonyl (C=O) groups is 2. The van der Waals surface area contributed by atoms with Crippen molar-refractivity contribution in [3.63, 3.8) is 0 Å². The van der Waals surface area contributed by atoms with Crippen molar-refractivity contribution in [2.24, 2.45) is 11.3 Å². The lowest BCUT2D eigenvalue weighted by molar-refractivity contribution is -0.141. The summed E-state index contributed by atoms with van der Waals surface area (Å²) in [4.78, 5) is 32.3. The van der Waals surface area contributed by atoms with E-state index in [1.165, 1.54) is 32.1 Å². The highest BCUT2D eigenvalue weighted by molar-refractivity contribution is 5.84. The molecule has 1 aliphatic carbocycles. The quantitative estimate of drug-likeness (QED) is 0.723. The Kier molecular flexibility index (Phi) is 7.23. The van der Waals surface area contributed by atoms with E-state index in [1.807, 2.05) is 29.3 Å². The number of pyridine rings is 1. The van der Waals surface area contributed by atoms with Gasteiger partial charge in [0, 0.05) is 44.5 Å². The molecule has 5 heteroatoms. The van der Waals surface area contributed by atoms with Crippen molar-refractivity contribution in [1.29, 1.82) is 0 Å². The van der Waals surface area contributed by atoms with Crippen LogP contribution in [0.1, 0.15) is 56.9 Å². The molecule has 0 atom stereocenters. The van der Waals surface area contributed by atoms with E-state index in [2.05, 4.69) is 28.5 Å². The maximum atomic E-state index is 13.1. The number of hydrogen-bond donors (Lipinski definition) is 1. The van der Waals surface area contributed by atoms with Gasteiger partial charge in [0.15, 0.2) is 0 Å². The molecule has 2 heterocycles. The number of nitrogens with zero attached hydrogens (tertiary/aromatic N) is 2. The van der Waals surface area contributed by atoms with Gasteiger partial charge in [0.05, 0.1) is 5.41 Å². The molecule has 2 aromatic rings. The number of aromatic nitrogens is 1. The van der Waals surface area contributed by atoms with E-state index in [-0.39, 0.29) is 11.8 Å². The van der Waals surface area contributed by atoms with Crippen LogP contribution in [0.3, 0.4) is 0 Å². The summed E-state index contributed by atoms with van der Waals surface area (Å²) in [5.41, 5.74) is 2.86. The van der Waals surface area contributed by atoms with Gasteiger partial charge in [-0.2, -0.15) is 0 Å². The summed E-state index contributed by atoms with van der Waals surface area (Å²) in [6.07, 6.45) is 12.6. The van der Waals surface area contributed by atoms with Gasteiger partial charge >= 0.3 is 0 Å². The Morgan fingerprint density at radius 3 is 2.50 bits per heavy atom. The zero-order valence-corrected chi connectivity index (χ0v) is 19.2. The number of hydrogen-bond acceptors (Lipinski definition) is 3. The first kappa shape index (κ1) is 22.5. The number of likely N-dealkylation sites (tertiary alicyclic amines) is 1. The number of nitrogens with one attached hydrogen (secondary N) is 1. The Labute approximate surface area is 191 Å². The lowest BCUT2D eigenvalue weighted by Gasteiger charge is -2.41. The lowest BCUT2D eigenvalue weighted by atomic mass is 9.72. The number of rotatable bonds is 6. The van der Waals surface area contributed by atoms with Crippen LogP contribution in [0, 0.1) is 11.3 Å². The van der Waals surface area contributed by atoms with Crippen LogP contribution in [0.25, 0.3) is 11.1 Å². The van der Waals surface area contributed by atoms with Gasteiger partial charge in [0.1, 0.15) is 0 Å². The molecule has 0 radical (unpaired) electrons. The van der Waals surface area contributed by atoms with Crippen LogP contribution < -0.4 is 5.32 Å². The molecule has 1 saturated carbocycles. The second kappa shape index (κ2) is 10.3. The number of benzene rings is 1. The maximum absolute atomic E-state index is 13.1. The molecule has 32 heavy (non-hydrogen) atoms. The summed E-state index contributed by atoms with van der Waals surface area (Å²) >= 11 is 0. The van der Waals surface area contributed by atoms with Crippen molar-refractivity contribution in [3.05, 3.63) is 54.4 Å². The topological polar surface area (TPSA) is 62.3 Å². The average Bonchev–Trinajstić information content (AvgIpc) is 2.85. The van der Waals surface area contributed by atoms with Gasteiger partial charge in [-0.15, -0.1) is 0 Å². The van der Waals surface area contributed by atoms with E-state index in [0.29, 0.717) is 44.7 Å². The van der Waals surface area contributed by atoms with Crippen molar-refractivity contribution >= 4 is 11.8 Å². The minimum absolute atomic E-state index is 0.0814. The third-order valence-electron chi connectivity index (χ3n) is 7.49. The van der Waals surface area contributed by atoms with Crippen LogP contribution in [0.15, 0.2) is 48.8 Å². The van der Waals surface area contributed by atoms with E-state index in [1.54, 1.807) is 13.2 Å². The Balaban J connectivity index is 1.48. The molecular weight excluding hydrogens is 398 g/mol. The number of carbonyl (C=O) groups excluding carboxylic acids is 2. The Morgan fingerprint density at radius 1 is 1.06 bits per heavy atom. The Bertz CT molecular complexity index is 914. The fourth-order valence-corrected chi connectivity index (χ4v) is 5.54. The smallest absolute Gasteiger partial charge is 0.226 e. The largest absolute Gasteiger partial charge is 0.359 e. The van der Waals surface area contributed by atoms with Crippen molar-refractivity contribution in [2.45, 2.75) is 57.8 Å². The van der Waals surface area contributed by atoms with Crippen LogP contribution in [0.5, 0.6) is 0 Å². The van der Waals surface area contributed by atoms with Crippen LogP contribution in [-0.4, -0.2) is 41.8 Å². The summed E-state index contributed by atoms with van der Waals surface area (Å²) in [5.74, 6) is 0.907. The van der Waals surface area contributed by atoms with E-state index in [4.69, 9.17) is 0 Å². The molecule has 5 nitrogen and oxygen atoms in total. The fourth-order valence-electron chi connectivity index (χ4n) is 5.54. The fraction of sp³-hybridized carbons (Fsp3) is 0.519. The molecule has 0 unspecified atom stereocenters. The van der Waals surface area contributed by atoms with Gasteiger partial charge in [-0.05, 0) is 55.2 Å². The van der Waals surface area contributed by atoms with E-state index < -0.39 is 5.41 Å². The van der Waals surface area contributed by atoms with Gasteiger partial charge in [-0.25, -0.2) is 0 Å². The first-order valence-electron chi connectivity index (χ1n) is 12.1. The summed E-state index contributed by atoms with van der Waals surface area (Å²) in [5, 5.41) is 2.91. The normalized spacial score (nSPS) is 18.8. The molecule has 1 aromatic carbocycles. The standard InChI is InChI=1S/C27H35N3O2/c1-28-26(32)27(19-22-10-5-6-12-24(22)23-11-7-15-29-20-23)13-16-30(17-14-27)25(31)18-21-8-3-2-4-9-21/h5-7,10-12,15,20-21H,2-4,8-9,13-14,16-19H2,1H3,(H,28,32). The molecule has 0 bridgehead atoms. The molecule has 2 aliphatic rings. The molecule has 1 saturated heterocycles. The minimum atomic E-state index is -0.491. The van der Waals surface area contributed by atoms with Crippen molar-refractivity contribution in [2.75, 3.05) is 20.1 Å². The molecule has 2 fully saturated rings. The predicted molar refractivity (Wildman–Crippen MR) is 127 cm³/mol. The molecule has 1 aliphatic heterocycles. The highest BCUT2D eigenvalue weighted by atomic mass is 16.2. The van der Waals surface area contributed by atoms with E-state index in [0.717, 1.165) is 16.7 Å². The molecule has 1 aromatic heterocycles. The number of amides is 2. The van der Waals surface area contributed by atoms with Crippen LogP contribution in [-0.2, 0) is 16.0 Å². The summed E-state index contributed by atoms with van der Waals surface area (Å²) in [6, 6.07) is 12.3. The van der Waals surface area contributed by atoms with Crippen molar-refractivity contribution < 1.29 is 9.59 Å². The Hall–Kier alpha value is -2.69. The third-order valence-corrected chi connectivity index (χ3v) is 7.49. The van der Waals surface area contributed by atoms with Crippen LogP contribution in [0.4, 0.5) is 0 Å². The van der Waals surface area contributed by atoms with Gasteiger partial charge in [-0.1, -0.05) is 49.6 Å². The highest BCUT2D eigenvalue weighted by Crippen LogP contribution is 2.38. The predicted octanol–water partition coefficient (Wildman–Crippen LogP) is 4.62. The Morgan fingerprint density at radius 2 is 1.81 bits per heavy atom. The molecule has 4 rings (SSSR count). The second-order valence-electron chi connectivity index (χ2n) is 9.52.